The Morgan fingerprint density at radius 3 is 2.63 bits per heavy atom. The number of rotatable bonds is 2. The van der Waals surface area contributed by atoms with Gasteiger partial charge in [0.05, 0.1) is 6.20 Å². The number of halogens is 3. The van der Waals surface area contributed by atoms with Crippen molar-refractivity contribution in [2.45, 2.75) is 0 Å². The highest BCUT2D eigenvalue weighted by atomic mass is 35.5. The Bertz CT molecular complexity index is 744. The topological polar surface area (TPSA) is 52.3 Å². The van der Waals surface area contributed by atoms with Crippen molar-refractivity contribution in [3.63, 3.8) is 0 Å². The van der Waals surface area contributed by atoms with Gasteiger partial charge in [-0.2, -0.15) is 4.52 Å². The molecular formula is C11H5Cl2FN4O. The van der Waals surface area contributed by atoms with Crippen molar-refractivity contribution in [1.82, 2.24) is 19.8 Å². The van der Waals surface area contributed by atoms with Crippen LogP contribution in [-0.4, -0.2) is 19.8 Å². The van der Waals surface area contributed by atoms with Crippen LogP contribution >= 0.6 is 23.2 Å². The standard InChI is InChI=1S/C11H5Cl2FN4O/c12-10-9(19-7-3-1-6(14)2-4-7)11(13)18-8(16-10)5-15-17-18/h1-5H. The van der Waals surface area contributed by atoms with E-state index in [2.05, 4.69) is 15.3 Å². The fraction of sp³-hybridized carbons (Fsp3) is 0. The van der Waals surface area contributed by atoms with Gasteiger partial charge in [0.1, 0.15) is 11.6 Å². The minimum Gasteiger partial charge on any atom is -0.451 e. The van der Waals surface area contributed by atoms with Crippen LogP contribution in [0.1, 0.15) is 0 Å². The lowest BCUT2D eigenvalue weighted by Crippen LogP contribution is -1.97. The summed E-state index contributed by atoms with van der Waals surface area (Å²) in [6, 6.07) is 5.43. The molecule has 0 amide bonds. The summed E-state index contributed by atoms with van der Waals surface area (Å²) in [5, 5.41) is 7.62. The van der Waals surface area contributed by atoms with E-state index in [1.54, 1.807) is 0 Å². The average Bonchev–Trinajstić information content (AvgIpc) is 2.85. The first-order valence-corrected chi connectivity index (χ1v) is 5.89. The summed E-state index contributed by atoms with van der Waals surface area (Å²) >= 11 is 12.1. The molecule has 19 heavy (non-hydrogen) atoms. The van der Waals surface area contributed by atoms with Gasteiger partial charge in [0.2, 0.25) is 5.75 Å². The first kappa shape index (κ1) is 12.1. The van der Waals surface area contributed by atoms with E-state index in [-0.39, 0.29) is 21.9 Å². The lowest BCUT2D eigenvalue weighted by atomic mass is 10.3. The third kappa shape index (κ3) is 2.20. The van der Waals surface area contributed by atoms with Gasteiger partial charge in [0, 0.05) is 0 Å². The monoisotopic (exact) mass is 298 g/mol. The van der Waals surface area contributed by atoms with Crippen LogP contribution in [0.15, 0.2) is 30.5 Å². The smallest absolute Gasteiger partial charge is 0.202 e. The molecule has 0 saturated carbocycles. The molecule has 2 heterocycles. The van der Waals surface area contributed by atoms with Gasteiger partial charge in [-0.05, 0) is 24.3 Å². The number of aromatic nitrogens is 4. The summed E-state index contributed by atoms with van der Waals surface area (Å²) in [5.41, 5.74) is 0.404. The molecule has 3 aromatic rings. The zero-order valence-corrected chi connectivity index (χ0v) is 10.7. The van der Waals surface area contributed by atoms with Crippen LogP contribution in [0.4, 0.5) is 4.39 Å². The van der Waals surface area contributed by atoms with E-state index in [0.29, 0.717) is 11.4 Å². The molecule has 96 valence electrons. The Hall–Kier alpha value is -1.92. The van der Waals surface area contributed by atoms with E-state index in [1.165, 1.54) is 35.0 Å². The fourth-order valence-corrected chi connectivity index (χ4v) is 1.99. The van der Waals surface area contributed by atoms with Crippen LogP contribution in [0, 0.1) is 5.82 Å². The van der Waals surface area contributed by atoms with Gasteiger partial charge < -0.3 is 4.74 Å². The number of benzene rings is 1. The van der Waals surface area contributed by atoms with Gasteiger partial charge in [-0.25, -0.2) is 9.37 Å². The lowest BCUT2D eigenvalue weighted by molar-refractivity contribution is 0.474. The van der Waals surface area contributed by atoms with E-state index in [1.807, 2.05) is 0 Å². The van der Waals surface area contributed by atoms with Crippen LogP contribution < -0.4 is 4.74 Å². The van der Waals surface area contributed by atoms with Crippen LogP contribution in [0.5, 0.6) is 11.5 Å². The third-order valence-electron chi connectivity index (χ3n) is 2.34. The number of ether oxygens (including phenoxy) is 1. The van der Waals surface area contributed by atoms with Crippen molar-refractivity contribution < 1.29 is 9.13 Å². The second-order valence-corrected chi connectivity index (χ2v) is 4.30. The molecule has 0 bridgehead atoms. The Kier molecular flexibility index (Phi) is 2.96. The molecule has 8 heteroatoms. The molecule has 0 radical (unpaired) electrons. The molecule has 0 unspecified atom stereocenters. The van der Waals surface area contributed by atoms with Gasteiger partial charge in [-0.3, -0.25) is 0 Å². The summed E-state index contributed by atoms with van der Waals surface area (Å²) in [5.74, 6) is 0.147. The Balaban J connectivity index is 2.06. The highest BCUT2D eigenvalue weighted by molar-refractivity contribution is 6.36. The largest absolute Gasteiger partial charge is 0.451 e. The number of fused-ring (bicyclic) bond motifs is 1. The Labute approximate surface area is 116 Å². The van der Waals surface area contributed by atoms with Gasteiger partial charge in [-0.1, -0.05) is 28.4 Å². The predicted octanol–water partition coefficient (Wildman–Crippen LogP) is 3.36. The summed E-state index contributed by atoms with van der Waals surface area (Å²) in [4.78, 5) is 4.03. The summed E-state index contributed by atoms with van der Waals surface area (Å²) in [7, 11) is 0. The summed E-state index contributed by atoms with van der Waals surface area (Å²) in [6.45, 7) is 0. The van der Waals surface area contributed by atoms with Crippen LogP contribution in [0.2, 0.25) is 10.3 Å². The maximum Gasteiger partial charge on any atom is 0.202 e. The second-order valence-electron chi connectivity index (χ2n) is 3.58. The zero-order chi connectivity index (χ0) is 13.4. The van der Waals surface area contributed by atoms with Crippen molar-refractivity contribution in [3.05, 3.63) is 46.6 Å². The molecule has 0 fully saturated rings. The molecule has 3 rings (SSSR count). The third-order valence-corrected chi connectivity index (χ3v) is 2.93. The number of hydrogen-bond donors (Lipinski definition) is 0. The number of nitrogens with zero attached hydrogens (tertiary/aromatic N) is 4. The maximum atomic E-state index is 12.8. The molecule has 5 nitrogen and oxygen atoms in total. The van der Waals surface area contributed by atoms with Gasteiger partial charge in [-0.15, -0.1) is 5.10 Å². The van der Waals surface area contributed by atoms with Crippen molar-refractivity contribution in [3.8, 4) is 11.5 Å². The Morgan fingerprint density at radius 2 is 1.89 bits per heavy atom. The molecule has 0 aliphatic carbocycles. The minimum absolute atomic E-state index is 0.0733. The average molecular weight is 299 g/mol. The molecule has 0 N–H and O–H groups in total. The normalized spacial score (nSPS) is 10.9. The van der Waals surface area contributed by atoms with Gasteiger partial charge >= 0.3 is 0 Å². The van der Waals surface area contributed by atoms with Gasteiger partial charge in [0.15, 0.2) is 16.0 Å². The van der Waals surface area contributed by atoms with Crippen molar-refractivity contribution in [2.24, 2.45) is 0 Å². The lowest BCUT2D eigenvalue weighted by Gasteiger charge is -2.09. The summed E-state index contributed by atoms with van der Waals surface area (Å²) < 4.78 is 19.6. The van der Waals surface area contributed by atoms with Crippen LogP contribution in [-0.2, 0) is 0 Å². The quantitative estimate of drug-likeness (QED) is 0.681. The van der Waals surface area contributed by atoms with Crippen LogP contribution in [0.25, 0.3) is 5.65 Å². The Morgan fingerprint density at radius 1 is 1.16 bits per heavy atom. The fourth-order valence-electron chi connectivity index (χ4n) is 1.48. The maximum absolute atomic E-state index is 12.8. The predicted molar refractivity (Wildman–Crippen MR) is 67.3 cm³/mol. The first-order chi connectivity index (χ1) is 9.15. The molecule has 0 aliphatic rings. The molecule has 0 atom stereocenters. The molecule has 2 aromatic heterocycles. The zero-order valence-electron chi connectivity index (χ0n) is 9.22. The molecule has 0 saturated heterocycles. The van der Waals surface area contributed by atoms with Crippen LogP contribution in [0.3, 0.4) is 0 Å². The molecule has 0 spiro atoms. The van der Waals surface area contributed by atoms with Crippen molar-refractivity contribution in [1.29, 1.82) is 0 Å². The first-order valence-electron chi connectivity index (χ1n) is 5.14. The van der Waals surface area contributed by atoms with E-state index >= 15 is 0 Å². The number of hydrogen-bond acceptors (Lipinski definition) is 4. The SMILES string of the molecule is Fc1ccc(Oc2c(Cl)nc3cnnn3c2Cl)cc1. The van der Waals surface area contributed by atoms with Gasteiger partial charge in [0.25, 0.3) is 0 Å². The van der Waals surface area contributed by atoms with E-state index < -0.39 is 0 Å². The molecule has 0 aliphatic heterocycles. The van der Waals surface area contributed by atoms with E-state index in [9.17, 15) is 4.39 Å². The molecule has 1 aromatic carbocycles. The van der Waals surface area contributed by atoms with Crippen molar-refractivity contribution >= 4 is 28.8 Å². The summed E-state index contributed by atoms with van der Waals surface area (Å²) in [6.07, 6.45) is 1.42. The highest BCUT2D eigenvalue weighted by Gasteiger charge is 2.16. The van der Waals surface area contributed by atoms with E-state index in [0.717, 1.165) is 0 Å². The second kappa shape index (κ2) is 4.64. The van der Waals surface area contributed by atoms with E-state index in [4.69, 9.17) is 27.9 Å². The van der Waals surface area contributed by atoms with Crippen molar-refractivity contribution in [2.75, 3.05) is 0 Å². The minimum atomic E-state index is -0.366. The molecular weight excluding hydrogens is 294 g/mol. The highest BCUT2D eigenvalue weighted by Crippen LogP contribution is 2.35.